The molecule has 5 N–H and O–H groups in total. The maximum Gasteiger partial charge on any atom is 0.333 e. The Bertz CT molecular complexity index is 1780. The average Bonchev–Trinajstić information content (AvgIpc) is 3.59. The summed E-state index contributed by atoms with van der Waals surface area (Å²) in [5, 5.41) is 3.60. The van der Waals surface area contributed by atoms with Crippen LogP contribution in [0.25, 0.3) is 10.9 Å². The highest BCUT2D eigenvalue weighted by atomic mass is 16.7. The van der Waals surface area contributed by atoms with Crippen molar-refractivity contribution in [1.82, 2.24) is 20.3 Å². The van der Waals surface area contributed by atoms with Crippen molar-refractivity contribution in [1.29, 1.82) is 0 Å². The number of aromatic nitrogens is 2. The molecule has 1 aliphatic rings. The highest BCUT2D eigenvalue weighted by Crippen LogP contribution is 2.18. The van der Waals surface area contributed by atoms with Crippen molar-refractivity contribution < 1.29 is 33.5 Å². The number of hydroxylamine groups is 2. The zero-order valence-electron chi connectivity index (χ0n) is 24.2. The van der Waals surface area contributed by atoms with Crippen LogP contribution in [0.5, 0.6) is 0 Å². The van der Waals surface area contributed by atoms with Gasteiger partial charge in [0.15, 0.2) is 0 Å². The fraction of sp³-hybridized carbons (Fsp3) is 0.250. The van der Waals surface area contributed by atoms with Crippen LogP contribution in [0.1, 0.15) is 52.7 Å². The summed E-state index contributed by atoms with van der Waals surface area (Å²) in [4.78, 5) is 84.9. The van der Waals surface area contributed by atoms with E-state index in [9.17, 15) is 28.8 Å². The number of hydrogen-bond acceptors (Lipinski definition) is 9. The van der Waals surface area contributed by atoms with E-state index in [-0.39, 0.29) is 49.2 Å². The summed E-state index contributed by atoms with van der Waals surface area (Å²) >= 11 is 0. The standard InChI is InChI=1S/C32H31N5O8/c33-25-16-24-29(31(42)36-25)22(17-34-24)11-8-19-6-9-21(10-7-19)30(41)35-23(32(43)44-18-20-4-2-1-3-5-20)12-15-28(40)45-37-26(38)13-14-27(37)39/h1-7,9-10,16-17,23,34H,8,11-15,18H2,(H,35,41)(H3,33,36,42). The third-order valence-electron chi connectivity index (χ3n) is 7.33. The highest BCUT2D eigenvalue weighted by molar-refractivity contribution is 6.01. The number of ether oxygens (including phenoxy) is 1. The van der Waals surface area contributed by atoms with E-state index in [0.717, 1.165) is 16.7 Å². The van der Waals surface area contributed by atoms with Crippen molar-refractivity contribution in [2.24, 2.45) is 0 Å². The number of H-pyrrole nitrogens is 2. The average molecular weight is 614 g/mol. The predicted molar refractivity (Wildman–Crippen MR) is 161 cm³/mol. The zero-order chi connectivity index (χ0) is 31.9. The Morgan fingerprint density at radius 1 is 0.933 bits per heavy atom. The van der Waals surface area contributed by atoms with Crippen LogP contribution in [0.15, 0.2) is 71.7 Å². The zero-order valence-corrected chi connectivity index (χ0v) is 24.2. The minimum absolute atomic E-state index is 0.0440. The van der Waals surface area contributed by atoms with Gasteiger partial charge in [0.25, 0.3) is 23.3 Å². The van der Waals surface area contributed by atoms with Gasteiger partial charge < -0.3 is 30.6 Å². The van der Waals surface area contributed by atoms with Gasteiger partial charge in [-0.25, -0.2) is 9.59 Å². The van der Waals surface area contributed by atoms with Crippen molar-refractivity contribution >= 4 is 46.4 Å². The number of nitrogens with two attached hydrogens (primary N) is 1. The van der Waals surface area contributed by atoms with Crippen LogP contribution < -0.4 is 16.6 Å². The van der Waals surface area contributed by atoms with Gasteiger partial charge in [-0.05, 0) is 48.1 Å². The van der Waals surface area contributed by atoms with Crippen molar-refractivity contribution in [3.05, 3.63) is 99.5 Å². The largest absolute Gasteiger partial charge is 0.459 e. The normalized spacial score (nSPS) is 13.6. The minimum atomic E-state index is -1.22. The first-order chi connectivity index (χ1) is 21.7. The van der Waals surface area contributed by atoms with Gasteiger partial charge in [-0.2, -0.15) is 0 Å². The number of nitrogens with zero attached hydrogens (tertiary/aromatic N) is 1. The van der Waals surface area contributed by atoms with Crippen LogP contribution in [0.3, 0.4) is 0 Å². The number of aromatic amines is 2. The summed E-state index contributed by atoms with van der Waals surface area (Å²) < 4.78 is 5.40. The molecule has 5 rings (SSSR count). The fourth-order valence-corrected chi connectivity index (χ4v) is 4.94. The maximum atomic E-state index is 13.1. The van der Waals surface area contributed by atoms with Gasteiger partial charge in [0.2, 0.25) is 0 Å². The van der Waals surface area contributed by atoms with Gasteiger partial charge in [0.1, 0.15) is 18.5 Å². The Labute approximate surface area is 256 Å². The number of benzene rings is 2. The third-order valence-corrected chi connectivity index (χ3v) is 7.33. The number of carbonyl (C=O) groups excluding carboxylic acids is 5. The van der Waals surface area contributed by atoms with Gasteiger partial charge in [0.05, 0.1) is 17.3 Å². The molecule has 1 saturated heterocycles. The molecule has 0 radical (unpaired) electrons. The molecule has 3 amide bonds. The quantitative estimate of drug-likeness (QED) is 0.137. The monoisotopic (exact) mass is 613 g/mol. The van der Waals surface area contributed by atoms with Crippen LogP contribution in [-0.2, 0) is 48.2 Å². The number of amides is 3. The lowest BCUT2D eigenvalue weighted by molar-refractivity contribution is -0.197. The van der Waals surface area contributed by atoms with Crippen LogP contribution in [-0.4, -0.2) is 50.7 Å². The summed E-state index contributed by atoms with van der Waals surface area (Å²) in [6, 6.07) is 16.2. The number of carbonyl (C=O) groups is 5. The number of esters is 1. The van der Waals surface area contributed by atoms with Gasteiger partial charge in [-0.15, -0.1) is 5.06 Å². The molecular formula is C32H31N5O8. The number of hydrogen-bond donors (Lipinski definition) is 4. The summed E-state index contributed by atoms with van der Waals surface area (Å²) in [6.45, 7) is -0.0440. The predicted octanol–water partition coefficient (Wildman–Crippen LogP) is 2.45. The van der Waals surface area contributed by atoms with Gasteiger partial charge >= 0.3 is 11.9 Å². The smallest absolute Gasteiger partial charge is 0.333 e. The van der Waals surface area contributed by atoms with E-state index in [1.807, 2.05) is 6.07 Å². The molecule has 13 nitrogen and oxygen atoms in total. The molecule has 1 aliphatic heterocycles. The van der Waals surface area contributed by atoms with E-state index in [1.165, 1.54) is 0 Å². The second kappa shape index (κ2) is 13.7. The van der Waals surface area contributed by atoms with E-state index in [0.29, 0.717) is 28.8 Å². The van der Waals surface area contributed by atoms with E-state index in [4.69, 9.17) is 15.3 Å². The van der Waals surface area contributed by atoms with E-state index in [2.05, 4.69) is 15.3 Å². The first-order valence-corrected chi connectivity index (χ1v) is 14.3. The Morgan fingerprint density at radius 3 is 2.36 bits per heavy atom. The number of nitrogen functional groups attached to an aromatic ring is 1. The molecule has 4 aromatic rings. The second-order valence-electron chi connectivity index (χ2n) is 10.6. The van der Waals surface area contributed by atoms with E-state index in [1.54, 1.807) is 60.8 Å². The van der Waals surface area contributed by atoms with Crippen molar-refractivity contribution in [2.75, 3.05) is 5.73 Å². The number of nitrogens with one attached hydrogen (secondary N) is 3. The minimum Gasteiger partial charge on any atom is -0.459 e. The van der Waals surface area contributed by atoms with Gasteiger partial charge in [-0.3, -0.25) is 19.2 Å². The Hall–Kier alpha value is -5.72. The summed E-state index contributed by atoms with van der Waals surface area (Å²) in [7, 11) is 0. The van der Waals surface area contributed by atoms with Crippen LogP contribution >= 0.6 is 0 Å². The van der Waals surface area contributed by atoms with E-state index >= 15 is 0 Å². The van der Waals surface area contributed by atoms with Crippen LogP contribution in [0.4, 0.5) is 5.82 Å². The number of fused-ring (bicyclic) bond motifs is 1. The lowest BCUT2D eigenvalue weighted by atomic mass is 10.0. The number of anilines is 1. The molecule has 2 aromatic heterocycles. The molecule has 0 bridgehead atoms. The first kappa shape index (κ1) is 30.7. The molecule has 0 spiro atoms. The molecular weight excluding hydrogens is 582 g/mol. The fourth-order valence-electron chi connectivity index (χ4n) is 4.94. The SMILES string of the molecule is Nc1cc2[nH]cc(CCc3ccc(C(=O)NC(CCC(=O)ON4C(=O)CCC4=O)C(=O)OCc4ccccc4)cc3)c2c(=O)[nH]1. The molecule has 2 aromatic carbocycles. The summed E-state index contributed by atoms with van der Waals surface area (Å²) in [5.74, 6) is -3.20. The second-order valence-corrected chi connectivity index (χ2v) is 10.6. The van der Waals surface area contributed by atoms with Crippen molar-refractivity contribution in [3.63, 3.8) is 0 Å². The summed E-state index contributed by atoms with van der Waals surface area (Å²) in [6.07, 6.45) is 2.28. The number of rotatable bonds is 12. The van der Waals surface area contributed by atoms with E-state index < -0.39 is 35.7 Å². The molecule has 1 atom stereocenters. The van der Waals surface area contributed by atoms with Crippen LogP contribution in [0.2, 0.25) is 0 Å². The molecule has 13 heteroatoms. The molecule has 232 valence electrons. The Kier molecular flexibility index (Phi) is 9.37. The molecule has 0 aliphatic carbocycles. The summed E-state index contributed by atoms with van der Waals surface area (Å²) in [5.41, 5.74) is 8.86. The molecule has 1 unspecified atom stereocenters. The van der Waals surface area contributed by atoms with Gasteiger partial charge in [-0.1, -0.05) is 42.5 Å². The Morgan fingerprint density at radius 2 is 1.64 bits per heavy atom. The lowest BCUT2D eigenvalue weighted by Gasteiger charge is -2.18. The van der Waals surface area contributed by atoms with Crippen molar-refractivity contribution in [2.45, 2.75) is 51.2 Å². The number of aryl methyl sites for hydroxylation is 2. The molecule has 45 heavy (non-hydrogen) atoms. The third kappa shape index (κ3) is 7.63. The molecule has 0 saturated carbocycles. The number of imide groups is 1. The maximum absolute atomic E-state index is 13.1. The van der Waals surface area contributed by atoms with Gasteiger partial charge in [0, 0.05) is 30.7 Å². The molecule has 3 heterocycles. The first-order valence-electron chi connectivity index (χ1n) is 14.3. The van der Waals surface area contributed by atoms with Crippen molar-refractivity contribution in [3.8, 4) is 0 Å². The Balaban J connectivity index is 1.21. The highest BCUT2D eigenvalue weighted by Gasteiger charge is 2.33. The lowest BCUT2D eigenvalue weighted by Crippen LogP contribution is -2.42. The number of pyridine rings is 1. The topological polar surface area (TPSA) is 194 Å². The molecule has 1 fully saturated rings. The van der Waals surface area contributed by atoms with Crippen LogP contribution in [0, 0.1) is 0 Å².